The number of rotatable bonds is 1. The van der Waals surface area contributed by atoms with Crippen LogP contribution >= 0.6 is 38.5 Å². The van der Waals surface area contributed by atoms with E-state index in [1.165, 1.54) is 0 Å². The van der Waals surface area contributed by atoms with Gasteiger partial charge in [0.2, 0.25) is 0 Å². The normalized spacial score (nSPS) is 10.5. The Hall–Kier alpha value is -0.360. The summed E-state index contributed by atoms with van der Waals surface area (Å²) in [6.07, 6.45) is 1.84. The molecule has 2 aromatic rings. The van der Waals surface area contributed by atoms with Crippen molar-refractivity contribution >= 4 is 49.4 Å². The molecule has 0 bridgehead atoms. The Kier molecular flexibility index (Phi) is 2.92. The van der Waals surface area contributed by atoms with Crippen molar-refractivity contribution in [3.05, 3.63) is 32.4 Å². The van der Waals surface area contributed by atoms with Gasteiger partial charge in [-0.05, 0) is 40.8 Å². The molecule has 1 heterocycles. The molecule has 2 nitrogen and oxygen atoms in total. The quantitative estimate of drug-likeness (QED) is 0.722. The van der Waals surface area contributed by atoms with Gasteiger partial charge in [-0.15, -0.1) is 0 Å². The number of pyridine rings is 1. The highest BCUT2D eigenvalue weighted by Gasteiger charge is 2.04. The maximum atomic E-state index is 5.29. The molecule has 14 heavy (non-hydrogen) atoms. The molecule has 0 unspecified atom stereocenters. The molecule has 0 saturated heterocycles. The number of methoxy groups -OCH3 is 1. The summed E-state index contributed by atoms with van der Waals surface area (Å²) in [7, 11) is 1.67. The number of fused-ring (bicyclic) bond motifs is 1. The average molecular weight is 364 g/mol. The van der Waals surface area contributed by atoms with Gasteiger partial charge in [0.15, 0.2) is 0 Å². The highest BCUT2D eigenvalue weighted by atomic mass is 127. The number of aromatic nitrogens is 1. The van der Waals surface area contributed by atoms with Gasteiger partial charge in [0.25, 0.3) is 0 Å². The summed E-state index contributed by atoms with van der Waals surface area (Å²) in [5.41, 5.74) is 0.941. The van der Waals surface area contributed by atoms with E-state index < -0.39 is 0 Å². The number of benzene rings is 1. The van der Waals surface area contributed by atoms with Crippen molar-refractivity contribution in [2.75, 3.05) is 7.11 Å². The lowest BCUT2D eigenvalue weighted by molar-refractivity contribution is 0.419. The van der Waals surface area contributed by atoms with Crippen molar-refractivity contribution in [3.63, 3.8) is 0 Å². The van der Waals surface area contributed by atoms with Crippen molar-refractivity contribution in [3.8, 4) is 5.75 Å². The predicted molar refractivity (Wildman–Crippen MR) is 68.7 cm³/mol. The van der Waals surface area contributed by atoms with E-state index in [0.29, 0.717) is 0 Å². The van der Waals surface area contributed by atoms with E-state index in [0.717, 1.165) is 24.7 Å². The number of nitrogens with zero attached hydrogens (tertiary/aromatic N) is 1. The van der Waals surface area contributed by atoms with E-state index in [-0.39, 0.29) is 0 Å². The monoisotopic (exact) mass is 363 g/mol. The Balaban J connectivity index is 2.81. The van der Waals surface area contributed by atoms with Crippen LogP contribution in [0.2, 0.25) is 0 Å². The first-order chi connectivity index (χ1) is 6.70. The first-order valence-electron chi connectivity index (χ1n) is 3.99. The minimum absolute atomic E-state index is 0.848. The fourth-order valence-corrected chi connectivity index (χ4v) is 2.18. The lowest BCUT2D eigenvalue weighted by Crippen LogP contribution is -1.88. The Morgan fingerprint density at radius 3 is 2.86 bits per heavy atom. The minimum Gasteiger partial charge on any atom is -0.496 e. The second-order valence-corrected chi connectivity index (χ2v) is 4.99. The summed E-state index contributed by atoms with van der Waals surface area (Å²) in [6, 6.07) is 5.99. The van der Waals surface area contributed by atoms with E-state index in [2.05, 4.69) is 49.6 Å². The highest BCUT2D eigenvalue weighted by Crippen LogP contribution is 2.29. The lowest BCUT2D eigenvalue weighted by Gasteiger charge is -2.05. The molecule has 0 amide bonds. The molecule has 72 valence electrons. The molecular formula is C10H7BrINO. The maximum Gasteiger partial charge on any atom is 0.129 e. The van der Waals surface area contributed by atoms with Crippen LogP contribution in [0.25, 0.3) is 10.9 Å². The first kappa shape index (κ1) is 10.2. The number of hydrogen-bond acceptors (Lipinski definition) is 2. The molecule has 0 saturated carbocycles. The Morgan fingerprint density at radius 2 is 2.14 bits per heavy atom. The third-order valence-corrected chi connectivity index (χ3v) is 2.96. The number of hydrogen-bond donors (Lipinski definition) is 0. The van der Waals surface area contributed by atoms with Gasteiger partial charge in [-0.2, -0.15) is 0 Å². The van der Waals surface area contributed by atoms with Gasteiger partial charge in [-0.3, -0.25) is 4.98 Å². The summed E-state index contributed by atoms with van der Waals surface area (Å²) in [4.78, 5) is 4.33. The molecule has 2 rings (SSSR count). The second kappa shape index (κ2) is 4.02. The van der Waals surface area contributed by atoms with Crippen LogP contribution in [0.1, 0.15) is 0 Å². The molecule has 0 aliphatic heterocycles. The summed E-state index contributed by atoms with van der Waals surface area (Å²) in [5.74, 6) is 0.848. The van der Waals surface area contributed by atoms with Crippen molar-refractivity contribution in [2.24, 2.45) is 0 Å². The van der Waals surface area contributed by atoms with Gasteiger partial charge in [-0.25, -0.2) is 0 Å². The zero-order valence-corrected chi connectivity index (χ0v) is 11.2. The van der Waals surface area contributed by atoms with Crippen LogP contribution in [-0.4, -0.2) is 12.1 Å². The molecular weight excluding hydrogens is 357 g/mol. The molecule has 0 radical (unpaired) electrons. The number of halogens is 2. The molecule has 0 aliphatic carbocycles. The molecule has 0 N–H and O–H groups in total. The predicted octanol–water partition coefficient (Wildman–Crippen LogP) is 3.61. The SMILES string of the molecule is COc1cc(Br)cc2ncc(I)cc12. The average Bonchev–Trinajstić information content (AvgIpc) is 2.17. The van der Waals surface area contributed by atoms with Crippen molar-refractivity contribution in [1.82, 2.24) is 4.98 Å². The van der Waals surface area contributed by atoms with Crippen LogP contribution in [0, 0.1) is 3.57 Å². The fraction of sp³-hybridized carbons (Fsp3) is 0.100. The van der Waals surface area contributed by atoms with Gasteiger partial charge < -0.3 is 4.74 Å². The third-order valence-electron chi connectivity index (χ3n) is 1.91. The molecule has 0 spiro atoms. The summed E-state index contributed by atoms with van der Waals surface area (Å²) in [6.45, 7) is 0. The standard InChI is InChI=1S/C10H7BrINO/c1-14-10-3-6(11)2-9-8(10)4-7(12)5-13-9/h2-5H,1H3. The van der Waals surface area contributed by atoms with Crippen LogP contribution in [0.15, 0.2) is 28.9 Å². The minimum atomic E-state index is 0.848. The Labute approximate surface area is 104 Å². The second-order valence-electron chi connectivity index (χ2n) is 2.83. The van der Waals surface area contributed by atoms with Crippen molar-refractivity contribution in [2.45, 2.75) is 0 Å². The van der Waals surface area contributed by atoms with Crippen molar-refractivity contribution < 1.29 is 4.74 Å². The molecule has 1 aromatic carbocycles. The smallest absolute Gasteiger partial charge is 0.129 e. The molecule has 0 fully saturated rings. The molecule has 1 aromatic heterocycles. The zero-order chi connectivity index (χ0) is 10.1. The summed E-state index contributed by atoms with van der Waals surface area (Å²) < 4.78 is 7.38. The van der Waals surface area contributed by atoms with Crippen LogP contribution < -0.4 is 4.74 Å². The van der Waals surface area contributed by atoms with Crippen molar-refractivity contribution in [1.29, 1.82) is 0 Å². The van der Waals surface area contributed by atoms with Gasteiger partial charge in [-0.1, -0.05) is 15.9 Å². The van der Waals surface area contributed by atoms with Gasteiger partial charge in [0.1, 0.15) is 5.75 Å². The fourth-order valence-electron chi connectivity index (χ4n) is 1.31. The van der Waals surface area contributed by atoms with E-state index in [1.54, 1.807) is 7.11 Å². The van der Waals surface area contributed by atoms with Gasteiger partial charge in [0, 0.05) is 19.6 Å². The van der Waals surface area contributed by atoms with Crippen LogP contribution in [0.4, 0.5) is 0 Å². The Morgan fingerprint density at radius 1 is 1.36 bits per heavy atom. The zero-order valence-electron chi connectivity index (χ0n) is 7.42. The Bertz CT molecular complexity index is 487. The molecule has 0 aliphatic rings. The van der Waals surface area contributed by atoms with Crippen LogP contribution in [0.5, 0.6) is 5.75 Å². The van der Waals surface area contributed by atoms with E-state index in [9.17, 15) is 0 Å². The van der Waals surface area contributed by atoms with Gasteiger partial charge >= 0.3 is 0 Å². The molecule has 0 atom stereocenters. The van der Waals surface area contributed by atoms with E-state index >= 15 is 0 Å². The van der Waals surface area contributed by atoms with Gasteiger partial charge in [0.05, 0.1) is 12.6 Å². The van der Waals surface area contributed by atoms with Crippen LogP contribution in [0.3, 0.4) is 0 Å². The summed E-state index contributed by atoms with van der Waals surface area (Å²) >= 11 is 5.66. The topological polar surface area (TPSA) is 22.1 Å². The first-order valence-corrected chi connectivity index (χ1v) is 5.86. The van der Waals surface area contributed by atoms with Crippen LogP contribution in [-0.2, 0) is 0 Å². The lowest BCUT2D eigenvalue weighted by atomic mass is 10.2. The number of ether oxygens (including phenoxy) is 1. The van der Waals surface area contributed by atoms with E-state index in [1.807, 2.05) is 18.3 Å². The van der Waals surface area contributed by atoms with E-state index in [4.69, 9.17) is 4.74 Å². The summed E-state index contributed by atoms with van der Waals surface area (Å²) in [5, 5.41) is 1.04. The molecule has 4 heteroatoms. The highest BCUT2D eigenvalue weighted by molar-refractivity contribution is 14.1. The third kappa shape index (κ3) is 1.86. The largest absolute Gasteiger partial charge is 0.496 e. The maximum absolute atomic E-state index is 5.29.